The number of benzene rings is 2. The highest BCUT2D eigenvalue weighted by Gasteiger charge is 2.10. The van der Waals surface area contributed by atoms with E-state index in [2.05, 4.69) is 31.9 Å². The minimum atomic E-state index is 0.309. The molecule has 108 valence electrons. The van der Waals surface area contributed by atoms with E-state index in [0.29, 0.717) is 29.5 Å². The highest BCUT2D eigenvalue weighted by Crippen LogP contribution is 2.35. The third-order valence-electron chi connectivity index (χ3n) is 2.85. The van der Waals surface area contributed by atoms with E-state index < -0.39 is 0 Å². The van der Waals surface area contributed by atoms with Gasteiger partial charge in [-0.2, -0.15) is 5.26 Å². The van der Waals surface area contributed by atoms with Gasteiger partial charge in [0.15, 0.2) is 0 Å². The fourth-order valence-electron chi connectivity index (χ4n) is 1.75. The second-order valence-corrected chi connectivity index (χ2v) is 6.42. The molecule has 0 aromatic heterocycles. The van der Waals surface area contributed by atoms with E-state index in [0.717, 1.165) is 20.1 Å². The molecule has 6 heteroatoms. The molecule has 2 aromatic carbocycles. The Morgan fingerprint density at radius 1 is 1.19 bits per heavy atom. The van der Waals surface area contributed by atoms with Crippen LogP contribution in [-0.4, -0.2) is 0 Å². The molecule has 0 aliphatic rings. The summed E-state index contributed by atoms with van der Waals surface area (Å²) in [6.45, 7) is 0.767. The van der Waals surface area contributed by atoms with E-state index in [4.69, 9.17) is 27.3 Å². The van der Waals surface area contributed by atoms with Crippen LogP contribution >= 0.6 is 43.5 Å². The zero-order chi connectivity index (χ0) is 15.4. The van der Waals surface area contributed by atoms with Gasteiger partial charge in [0.2, 0.25) is 0 Å². The van der Waals surface area contributed by atoms with Gasteiger partial charge < -0.3 is 10.5 Å². The van der Waals surface area contributed by atoms with Gasteiger partial charge in [-0.1, -0.05) is 17.7 Å². The molecule has 0 amide bonds. The van der Waals surface area contributed by atoms with Crippen LogP contribution in [0, 0.1) is 11.3 Å². The smallest absolute Gasteiger partial charge is 0.148 e. The monoisotopic (exact) mass is 428 g/mol. The van der Waals surface area contributed by atoms with Crippen LogP contribution in [0.25, 0.3) is 0 Å². The predicted molar refractivity (Wildman–Crippen MR) is 90.2 cm³/mol. The zero-order valence-corrected chi connectivity index (χ0v) is 14.8. The largest absolute Gasteiger partial charge is 0.486 e. The third kappa shape index (κ3) is 3.98. The number of nitrogens with zero attached hydrogens (tertiary/aromatic N) is 1. The lowest BCUT2D eigenvalue weighted by Crippen LogP contribution is -2.01. The van der Waals surface area contributed by atoms with E-state index in [9.17, 15) is 0 Å². The van der Waals surface area contributed by atoms with Crippen molar-refractivity contribution in [2.24, 2.45) is 5.73 Å². The van der Waals surface area contributed by atoms with Crippen LogP contribution in [0.2, 0.25) is 5.02 Å². The lowest BCUT2D eigenvalue weighted by atomic mass is 10.1. The average molecular weight is 431 g/mol. The van der Waals surface area contributed by atoms with Gasteiger partial charge in [-0.05, 0) is 61.7 Å². The summed E-state index contributed by atoms with van der Waals surface area (Å²) in [5.41, 5.74) is 7.96. The standard InChI is InChI=1S/C15H11Br2ClN2O/c16-12-3-10(7-20)4-13(17)15(12)21-8-11-2-1-9(6-19)5-14(11)18/h1-5H,7-8,20H2. The van der Waals surface area contributed by atoms with Crippen molar-refractivity contribution in [2.45, 2.75) is 13.2 Å². The molecule has 0 spiro atoms. The van der Waals surface area contributed by atoms with Crippen molar-refractivity contribution in [1.82, 2.24) is 0 Å². The van der Waals surface area contributed by atoms with Crippen LogP contribution in [0.1, 0.15) is 16.7 Å². The van der Waals surface area contributed by atoms with Crippen molar-refractivity contribution >= 4 is 43.5 Å². The van der Waals surface area contributed by atoms with Crippen LogP contribution in [0.3, 0.4) is 0 Å². The molecular formula is C15H11Br2ClN2O. The summed E-state index contributed by atoms with van der Waals surface area (Å²) in [7, 11) is 0. The van der Waals surface area contributed by atoms with Crippen LogP contribution in [-0.2, 0) is 13.2 Å². The van der Waals surface area contributed by atoms with Crippen molar-refractivity contribution in [3.05, 3.63) is 61.0 Å². The van der Waals surface area contributed by atoms with Crippen LogP contribution in [0.5, 0.6) is 5.75 Å². The first-order valence-electron chi connectivity index (χ1n) is 6.04. The van der Waals surface area contributed by atoms with Gasteiger partial charge in [0.1, 0.15) is 12.4 Å². The Bertz CT molecular complexity index is 690. The third-order valence-corrected chi connectivity index (χ3v) is 4.38. The second kappa shape index (κ2) is 7.28. The maximum atomic E-state index is 8.82. The normalized spacial score (nSPS) is 10.2. The first kappa shape index (κ1) is 16.3. The SMILES string of the molecule is N#Cc1ccc(COc2c(Br)cc(CN)cc2Br)c(Cl)c1. The zero-order valence-electron chi connectivity index (χ0n) is 10.9. The molecule has 0 atom stereocenters. The maximum Gasteiger partial charge on any atom is 0.148 e. The molecule has 0 bridgehead atoms. The minimum absolute atomic E-state index is 0.309. The maximum absolute atomic E-state index is 8.82. The number of halogens is 3. The topological polar surface area (TPSA) is 59.0 Å². The van der Waals surface area contributed by atoms with Gasteiger partial charge in [0.25, 0.3) is 0 Å². The number of rotatable bonds is 4. The molecule has 0 fully saturated rings. The molecule has 0 heterocycles. The number of hydrogen-bond acceptors (Lipinski definition) is 3. The minimum Gasteiger partial charge on any atom is -0.486 e. The van der Waals surface area contributed by atoms with E-state index in [1.807, 2.05) is 18.2 Å². The number of nitrogens with two attached hydrogens (primary N) is 1. The quantitative estimate of drug-likeness (QED) is 0.760. The molecule has 2 rings (SSSR count). The molecule has 0 radical (unpaired) electrons. The van der Waals surface area contributed by atoms with E-state index in [-0.39, 0.29) is 0 Å². The first-order valence-corrected chi connectivity index (χ1v) is 8.01. The van der Waals surface area contributed by atoms with Crippen molar-refractivity contribution in [3.63, 3.8) is 0 Å². The second-order valence-electron chi connectivity index (χ2n) is 4.30. The number of nitriles is 1. The van der Waals surface area contributed by atoms with Gasteiger partial charge in [-0.15, -0.1) is 0 Å². The van der Waals surface area contributed by atoms with Gasteiger partial charge in [0, 0.05) is 17.1 Å². The number of hydrogen-bond donors (Lipinski definition) is 1. The molecule has 2 N–H and O–H groups in total. The van der Waals surface area contributed by atoms with Gasteiger partial charge >= 0.3 is 0 Å². The molecular weight excluding hydrogens is 419 g/mol. The Morgan fingerprint density at radius 3 is 2.38 bits per heavy atom. The van der Waals surface area contributed by atoms with Crippen molar-refractivity contribution in [1.29, 1.82) is 5.26 Å². The molecule has 0 unspecified atom stereocenters. The molecule has 21 heavy (non-hydrogen) atoms. The Morgan fingerprint density at radius 2 is 1.86 bits per heavy atom. The Balaban J connectivity index is 2.19. The van der Waals surface area contributed by atoms with E-state index >= 15 is 0 Å². The summed E-state index contributed by atoms with van der Waals surface area (Å²) in [4.78, 5) is 0. The fourth-order valence-corrected chi connectivity index (χ4v) is 3.50. The summed E-state index contributed by atoms with van der Waals surface area (Å²) in [5, 5.41) is 9.33. The summed E-state index contributed by atoms with van der Waals surface area (Å²) in [6.07, 6.45) is 0. The van der Waals surface area contributed by atoms with Crippen molar-refractivity contribution in [3.8, 4) is 11.8 Å². The van der Waals surface area contributed by atoms with Gasteiger partial charge in [0.05, 0.1) is 20.6 Å². The van der Waals surface area contributed by atoms with Gasteiger partial charge in [-0.3, -0.25) is 0 Å². The van der Waals surface area contributed by atoms with E-state index in [1.54, 1.807) is 18.2 Å². The Kier molecular flexibility index (Phi) is 5.65. The molecule has 0 saturated heterocycles. The van der Waals surface area contributed by atoms with Crippen molar-refractivity contribution in [2.75, 3.05) is 0 Å². The van der Waals surface area contributed by atoms with Crippen LogP contribution in [0.15, 0.2) is 39.3 Å². The van der Waals surface area contributed by atoms with E-state index in [1.165, 1.54) is 0 Å². The summed E-state index contributed by atoms with van der Waals surface area (Å²) >= 11 is 13.1. The highest BCUT2D eigenvalue weighted by molar-refractivity contribution is 9.11. The van der Waals surface area contributed by atoms with Gasteiger partial charge in [-0.25, -0.2) is 0 Å². The average Bonchev–Trinajstić information content (AvgIpc) is 2.47. The fraction of sp³-hybridized carbons (Fsp3) is 0.133. The molecule has 0 aliphatic heterocycles. The van der Waals surface area contributed by atoms with Crippen LogP contribution in [0.4, 0.5) is 0 Å². The lowest BCUT2D eigenvalue weighted by Gasteiger charge is -2.12. The predicted octanol–water partition coefficient (Wildman–Crippen LogP) is 4.77. The number of ether oxygens (including phenoxy) is 1. The Hall–Kier alpha value is -1.06. The summed E-state index contributed by atoms with van der Waals surface area (Å²) in [6, 6.07) is 11.0. The lowest BCUT2D eigenvalue weighted by molar-refractivity contribution is 0.302. The molecule has 3 nitrogen and oxygen atoms in total. The summed E-state index contributed by atoms with van der Waals surface area (Å²) in [5.74, 6) is 0.688. The molecule has 0 aliphatic carbocycles. The van der Waals surface area contributed by atoms with Crippen molar-refractivity contribution < 1.29 is 4.74 Å². The van der Waals surface area contributed by atoms with Crippen LogP contribution < -0.4 is 10.5 Å². The molecule has 2 aromatic rings. The highest BCUT2D eigenvalue weighted by atomic mass is 79.9. The first-order chi connectivity index (χ1) is 10.0. The summed E-state index contributed by atoms with van der Waals surface area (Å²) < 4.78 is 7.45. The Labute approximate surface area is 144 Å². The molecule has 0 saturated carbocycles.